The number of carbonyl (C=O) groups is 1. The number of aromatic hydroxyl groups is 1. The number of nitrogens with zero attached hydrogens (tertiary/aromatic N) is 2. The summed E-state index contributed by atoms with van der Waals surface area (Å²) in [7, 11) is 0. The van der Waals surface area contributed by atoms with E-state index in [1.165, 1.54) is 6.92 Å². The molecule has 106 valence electrons. The topological polar surface area (TPSA) is 85.5 Å². The molecule has 0 aliphatic carbocycles. The maximum absolute atomic E-state index is 11.1. The minimum atomic E-state index is -0.432. The van der Waals surface area contributed by atoms with Gasteiger partial charge in [-0.3, -0.25) is 10.2 Å². The van der Waals surface area contributed by atoms with Crippen LogP contribution >= 0.6 is 0 Å². The lowest BCUT2D eigenvalue weighted by Gasteiger charge is -2.10. The average molecular weight is 281 g/mol. The molecule has 2 aromatic carbocycles. The number of Topliss-reactive ketones (excluding diaryl/α,β-unsaturated/α-hetero) is 1. The third kappa shape index (κ3) is 2.84. The molecule has 0 heterocycles. The first-order chi connectivity index (χ1) is 10.1. The van der Waals surface area contributed by atoms with Crippen LogP contribution in [0.25, 0.3) is 10.8 Å². The molecule has 5 heteroatoms. The van der Waals surface area contributed by atoms with Crippen molar-refractivity contribution in [2.45, 2.75) is 20.3 Å². The Labute approximate surface area is 122 Å². The number of carbonyl (C=O) groups excluding carboxylic acids is 1. The third-order valence-electron chi connectivity index (χ3n) is 3.23. The monoisotopic (exact) mass is 281 g/mol. The molecule has 0 aromatic heterocycles. The summed E-state index contributed by atoms with van der Waals surface area (Å²) in [6, 6.07) is 11.0. The van der Waals surface area contributed by atoms with Crippen LogP contribution in [0.1, 0.15) is 19.4 Å². The lowest BCUT2D eigenvalue weighted by atomic mass is 10.0. The van der Waals surface area contributed by atoms with Crippen LogP contribution in [0.15, 0.2) is 35.4 Å². The van der Waals surface area contributed by atoms with Gasteiger partial charge in [0, 0.05) is 12.3 Å². The van der Waals surface area contributed by atoms with Crippen molar-refractivity contribution >= 4 is 28.0 Å². The molecule has 0 atom stereocenters. The molecule has 0 bridgehead atoms. The molecular formula is C16H15N3O2. The molecule has 2 rings (SSSR count). The zero-order chi connectivity index (χ0) is 15.4. The van der Waals surface area contributed by atoms with Gasteiger partial charge < -0.3 is 5.11 Å². The largest absolute Gasteiger partial charge is 0.505 e. The van der Waals surface area contributed by atoms with E-state index < -0.39 is 5.78 Å². The summed E-state index contributed by atoms with van der Waals surface area (Å²) in [5, 5.41) is 24.5. The molecule has 2 N–H and O–H groups in total. The van der Waals surface area contributed by atoms with Gasteiger partial charge in [0.15, 0.2) is 5.78 Å². The van der Waals surface area contributed by atoms with E-state index in [4.69, 9.17) is 5.26 Å². The second-order valence-corrected chi connectivity index (χ2v) is 4.57. The Hall–Kier alpha value is -2.87. The average Bonchev–Trinajstić information content (AvgIpc) is 2.49. The first-order valence-corrected chi connectivity index (χ1v) is 6.56. The van der Waals surface area contributed by atoms with Gasteiger partial charge in [-0.15, -0.1) is 0 Å². The number of nitriles is 1. The molecule has 0 aliphatic heterocycles. The summed E-state index contributed by atoms with van der Waals surface area (Å²) in [6.07, 6.45) is 0.866. The van der Waals surface area contributed by atoms with E-state index in [-0.39, 0.29) is 11.5 Å². The first kappa shape index (κ1) is 14.5. The van der Waals surface area contributed by atoms with Gasteiger partial charge in [-0.2, -0.15) is 10.4 Å². The van der Waals surface area contributed by atoms with E-state index in [1.807, 2.05) is 31.2 Å². The number of phenols is 1. The molecule has 2 aromatic rings. The molecule has 0 amide bonds. The number of ketones is 1. The predicted octanol–water partition coefficient (Wildman–Crippen LogP) is 2.99. The number of phenolic OH excluding ortho intramolecular Hbond substituents is 1. The standard InChI is InChI=1S/C16H15N3O2/c1-3-11-5-4-6-13-12(11)7-8-14(16(13)21)18-19-15(9-17)10(2)20/h4-8,18,21H,3H2,1-2H3/b19-15-. The highest BCUT2D eigenvalue weighted by Gasteiger charge is 2.09. The van der Waals surface area contributed by atoms with E-state index in [2.05, 4.69) is 10.5 Å². The molecule has 5 nitrogen and oxygen atoms in total. The third-order valence-corrected chi connectivity index (χ3v) is 3.23. The SMILES string of the molecule is CCc1cccc2c(O)c(N/N=C(/C#N)C(C)=O)ccc12. The minimum Gasteiger partial charge on any atom is -0.505 e. The molecule has 0 fully saturated rings. The molecule has 0 spiro atoms. The fourth-order valence-electron chi connectivity index (χ4n) is 2.10. The molecule has 0 saturated carbocycles. The summed E-state index contributed by atoms with van der Waals surface area (Å²) in [6.45, 7) is 3.31. The minimum absolute atomic E-state index is 0.0485. The van der Waals surface area contributed by atoms with Crippen molar-refractivity contribution < 1.29 is 9.90 Å². The van der Waals surface area contributed by atoms with Crippen LogP contribution in [-0.4, -0.2) is 16.6 Å². The first-order valence-electron chi connectivity index (χ1n) is 6.56. The van der Waals surface area contributed by atoms with Crippen LogP contribution in [0.5, 0.6) is 5.75 Å². The zero-order valence-electron chi connectivity index (χ0n) is 11.8. The zero-order valence-corrected chi connectivity index (χ0v) is 11.8. The highest BCUT2D eigenvalue weighted by atomic mass is 16.3. The van der Waals surface area contributed by atoms with Crippen LogP contribution in [-0.2, 0) is 11.2 Å². The maximum Gasteiger partial charge on any atom is 0.203 e. The van der Waals surface area contributed by atoms with Crippen molar-refractivity contribution in [2.24, 2.45) is 5.10 Å². The lowest BCUT2D eigenvalue weighted by Crippen LogP contribution is -2.09. The van der Waals surface area contributed by atoms with Crippen LogP contribution in [0, 0.1) is 11.3 Å². The highest BCUT2D eigenvalue weighted by molar-refractivity contribution is 6.45. The number of rotatable bonds is 4. The van der Waals surface area contributed by atoms with Crippen molar-refractivity contribution in [3.05, 3.63) is 35.9 Å². The number of hydrogen-bond donors (Lipinski definition) is 2. The van der Waals surface area contributed by atoms with Gasteiger partial charge in [0.2, 0.25) is 5.71 Å². The predicted molar refractivity (Wildman–Crippen MR) is 82.3 cm³/mol. The summed E-state index contributed by atoms with van der Waals surface area (Å²) in [4.78, 5) is 11.1. The number of fused-ring (bicyclic) bond motifs is 1. The van der Waals surface area contributed by atoms with E-state index in [1.54, 1.807) is 12.1 Å². The van der Waals surface area contributed by atoms with Crippen molar-refractivity contribution in [3.63, 3.8) is 0 Å². The number of anilines is 1. The van der Waals surface area contributed by atoms with Crippen LogP contribution in [0.3, 0.4) is 0 Å². The Balaban J connectivity index is 2.46. The van der Waals surface area contributed by atoms with Gasteiger partial charge in [0.1, 0.15) is 11.8 Å². The smallest absolute Gasteiger partial charge is 0.203 e. The maximum atomic E-state index is 11.1. The number of nitrogens with one attached hydrogen (secondary N) is 1. The van der Waals surface area contributed by atoms with Gasteiger partial charge in [-0.1, -0.05) is 31.2 Å². The van der Waals surface area contributed by atoms with E-state index in [0.29, 0.717) is 11.1 Å². The molecule has 0 saturated heterocycles. The number of benzene rings is 2. The van der Waals surface area contributed by atoms with E-state index >= 15 is 0 Å². The van der Waals surface area contributed by atoms with Crippen molar-refractivity contribution in [2.75, 3.05) is 5.43 Å². The summed E-state index contributed by atoms with van der Waals surface area (Å²) >= 11 is 0. The second-order valence-electron chi connectivity index (χ2n) is 4.57. The Bertz CT molecular complexity index is 773. The van der Waals surface area contributed by atoms with Crippen molar-refractivity contribution in [1.29, 1.82) is 5.26 Å². The fraction of sp³-hybridized carbons (Fsp3) is 0.188. The second kappa shape index (κ2) is 6.06. The highest BCUT2D eigenvalue weighted by Crippen LogP contribution is 2.34. The van der Waals surface area contributed by atoms with Crippen LogP contribution in [0.4, 0.5) is 5.69 Å². The molecule has 0 unspecified atom stereocenters. The van der Waals surface area contributed by atoms with Gasteiger partial charge >= 0.3 is 0 Å². The fourth-order valence-corrected chi connectivity index (χ4v) is 2.10. The Morgan fingerprint density at radius 3 is 2.71 bits per heavy atom. The Morgan fingerprint density at radius 1 is 1.33 bits per heavy atom. The number of hydrogen-bond acceptors (Lipinski definition) is 5. The van der Waals surface area contributed by atoms with Gasteiger partial charge in [0.05, 0.1) is 5.69 Å². The van der Waals surface area contributed by atoms with Gasteiger partial charge in [-0.05, 0) is 23.4 Å². The van der Waals surface area contributed by atoms with Gasteiger partial charge in [-0.25, -0.2) is 0 Å². The van der Waals surface area contributed by atoms with Crippen molar-refractivity contribution in [3.8, 4) is 11.8 Å². The number of hydrazone groups is 1. The Kier molecular flexibility index (Phi) is 4.19. The molecule has 21 heavy (non-hydrogen) atoms. The van der Waals surface area contributed by atoms with Crippen LogP contribution < -0.4 is 5.43 Å². The Morgan fingerprint density at radius 2 is 2.10 bits per heavy atom. The number of aryl methyl sites for hydroxylation is 1. The summed E-state index contributed by atoms with van der Waals surface area (Å²) < 4.78 is 0. The van der Waals surface area contributed by atoms with Crippen LogP contribution in [0.2, 0.25) is 0 Å². The van der Waals surface area contributed by atoms with Crippen molar-refractivity contribution in [1.82, 2.24) is 0 Å². The summed E-state index contributed by atoms with van der Waals surface area (Å²) in [5.41, 5.74) is 3.82. The normalized spacial score (nSPS) is 11.2. The lowest BCUT2D eigenvalue weighted by molar-refractivity contribution is -0.110. The summed E-state index contributed by atoms with van der Waals surface area (Å²) in [5.74, 6) is -0.383. The quantitative estimate of drug-likeness (QED) is 0.512. The van der Waals surface area contributed by atoms with Gasteiger partial charge in [0.25, 0.3) is 0 Å². The molecule has 0 radical (unpaired) electrons. The molecular weight excluding hydrogens is 266 g/mol. The van der Waals surface area contributed by atoms with E-state index in [0.717, 1.165) is 17.4 Å². The van der Waals surface area contributed by atoms with E-state index in [9.17, 15) is 9.90 Å². The molecule has 0 aliphatic rings.